The third-order valence-corrected chi connectivity index (χ3v) is 2.50. The maximum atomic E-state index is 13.3. The molecule has 18 heavy (non-hydrogen) atoms. The highest BCUT2D eigenvalue weighted by Crippen LogP contribution is 2.25. The van der Waals surface area contributed by atoms with Crippen molar-refractivity contribution in [3.8, 4) is 11.5 Å². The summed E-state index contributed by atoms with van der Waals surface area (Å²) in [6.45, 7) is 0. The average Bonchev–Trinajstić information content (AvgIpc) is 2.33. The van der Waals surface area contributed by atoms with E-state index in [9.17, 15) is 8.78 Å². The molecule has 0 heterocycles. The van der Waals surface area contributed by atoms with E-state index in [1.54, 1.807) is 24.3 Å². The Balaban J connectivity index is 2.21. The molecule has 2 aromatic carbocycles. The van der Waals surface area contributed by atoms with Crippen molar-refractivity contribution in [3.05, 3.63) is 59.7 Å². The van der Waals surface area contributed by atoms with Crippen molar-refractivity contribution in [2.45, 2.75) is 0 Å². The van der Waals surface area contributed by atoms with Crippen molar-refractivity contribution in [2.75, 3.05) is 0 Å². The van der Waals surface area contributed by atoms with Crippen LogP contribution < -0.4 is 10.5 Å². The Bertz CT molecular complexity index is 584. The Morgan fingerprint density at radius 3 is 2.28 bits per heavy atom. The predicted octanol–water partition coefficient (Wildman–Crippen LogP) is 3.39. The van der Waals surface area contributed by atoms with Crippen LogP contribution in [0.3, 0.4) is 0 Å². The van der Waals surface area contributed by atoms with Gasteiger partial charge in [-0.3, -0.25) is 0 Å². The normalized spacial score (nSPS) is 10.1. The highest BCUT2D eigenvalue weighted by molar-refractivity contribution is 7.80. The molecule has 92 valence electrons. The fraction of sp³-hybridized carbons (Fsp3) is 0. The second-order valence-electron chi connectivity index (χ2n) is 3.57. The molecule has 0 aliphatic rings. The summed E-state index contributed by atoms with van der Waals surface area (Å²) in [7, 11) is 0. The highest BCUT2D eigenvalue weighted by atomic mass is 32.1. The number of ether oxygens (including phenoxy) is 1. The molecule has 2 nitrogen and oxygen atoms in total. The van der Waals surface area contributed by atoms with E-state index in [1.807, 2.05) is 0 Å². The number of halogens is 2. The predicted molar refractivity (Wildman–Crippen MR) is 68.8 cm³/mol. The van der Waals surface area contributed by atoms with Gasteiger partial charge in [0.05, 0.1) is 0 Å². The van der Waals surface area contributed by atoms with Gasteiger partial charge in [0.25, 0.3) is 0 Å². The molecule has 0 aliphatic carbocycles. The molecule has 5 heteroatoms. The molecule has 0 aliphatic heterocycles. The van der Waals surface area contributed by atoms with Crippen molar-refractivity contribution in [3.63, 3.8) is 0 Å². The number of hydrogen-bond donors (Lipinski definition) is 1. The Labute approximate surface area is 108 Å². The van der Waals surface area contributed by atoms with Gasteiger partial charge in [0.2, 0.25) is 0 Å². The van der Waals surface area contributed by atoms with Gasteiger partial charge in [-0.2, -0.15) is 0 Å². The molecular weight excluding hydrogens is 256 g/mol. The van der Waals surface area contributed by atoms with Crippen LogP contribution in [-0.2, 0) is 0 Å². The van der Waals surface area contributed by atoms with E-state index < -0.39 is 11.6 Å². The number of rotatable bonds is 3. The summed E-state index contributed by atoms with van der Waals surface area (Å²) >= 11 is 4.81. The Hall–Kier alpha value is -2.01. The minimum atomic E-state index is -0.756. The minimum Gasteiger partial charge on any atom is -0.454 e. The second-order valence-corrected chi connectivity index (χ2v) is 4.01. The van der Waals surface area contributed by atoms with Crippen LogP contribution in [0.2, 0.25) is 0 Å². The largest absolute Gasteiger partial charge is 0.454 e. The third-order valence-electron chi connectivity index (χ3n) is 2.26. The van der Waals surface area contributed by atoms with Gasteiger partial charge in [-0.05, 0) is 36.4 Å². The summed E-state index contributed by atoms with van der Waals surface area (Å²) in [5, 5.41) is 0. The first-order chi connectivity index (χ1) is 8.56. The van der Waals surface area contributed by atoms with Crippen molar-refractivity contribution in [1.29, 1.82) is 0 Å². The quantitative estimate of drug-likeness (QED) is 0.864. The van der Waals surface area contributed by atoms with E-state index >= 15 is 0 Å². The first-order valence-electron chi connectivity index (χ1n) is 5.09. The maximum absolute atomic E-state index is 13.3. The molecular formula is C13H9F2NOS. The summed E-state index contributed by atoms with van der Waals surface area (Å²) in [5.41, 5.74) is 6.14. The van der Waals surface area contributed by atoms with Crippen LogP contribution >= 0.6 is 12.2 Å². The van der Waals surface area contributed by atoms with E-state index in [4.69, 9.17) is 22.7 Å². The number of benzene rings is 2. The van der Waals surface area contributed by atoms with E-state index in [0.29, 0.717) is 11.3 Å². The number of hydrogen-bond acceptors (Lipinski definition) is 2. The maximum Gasteiger partial charge on any atom is 0.168 e. The first kappa shape index (κ1) is 12.4. The van der Waals surface area contributed by atoms with Crippen molar-refractivity contribution in [1.82, 2.24) is 0 Å². The zero-order valence-corrected chi connectivity index (χ0v) is 10.0. The Kier molecular flexibility index (Phi) is 3.53. The number of nitrogens with two attached hydrogens (primary N) is 1. The molecule has 0 atom stereocenters. The molecule has 2 rings (SSSR count). The van der Waals surface area contributed by atoms with Crippen LogP contribution in [0, 0.1) is 11.6 Å². The zero-order valence-electron chi connectivity index (χ0n) is 9.19. The van der Waals surface area contributed by atoms with E-state index in [1.165, 1.54) is 6.07 Å². The third kappa shape index (κ3) is 2.81. The molecule has 2 aromatic rings. The summed E-state index contributed by atoms with van der Waals surface area (Å²) in [6.07, 6.45) is 0. The van der Waals surface area contributed by atoms with Gasteiger partial charge < -0.3 is 10.5 Å². The lowest BCUT2D eigenvalue weighted by molar-refractivity contribution is 0.437. The van der Waals surface area contributed by atoms with E-state index in [2.05, 4.69) is 0 Å². The van der Waals surface area contributed by atoms with Crippen LogP contribution in [0.4, 0.5) is 8.78 Å². The van der Waals surface area contributed by atoms with E-state index in [-0.39, 0.29) is 10.7 Å². The molecule has 0 bridgehead atoms. The summed E-state index contributed by atoms with van der Waals surface area (Å²) in [6, 6.07) is 9.67. The zero-order chi connectivity index (χ0) is 13.1. The fourth-order valence-corrected chi connectivity index (χ4v) is 1.51. The topological polar surface area (TPSA) is 35.2 Å². The lowest BCUT2D eigenvalue weighted by Gasteiger charge is -2.07. The first-order valence-corrected chi connectivity index (χ1v) is 5.50. The van der Waals surface area contributed by atoms with Crippen LogP contribution in [-0.4, -0.2) is 4.99 Å². The van der Waals surface area contributed by atoms with Gasteiger partial charge in [-0.25, -0.2) is 8.78 Å². The molecule has 0 aromatic heterocycles. The van der Waals surface area contributed by atoms with Gasteiger partial charge in [-0.15, -0.1) is 0 Å². The fourth-order valence-electron chi connectivity index (χ4n) is 1.37. The van der Waals surface area contributed by atoms with Gasteiger partial charge in [0.15, 0.2) is 11.6 Å². The average molecular weight is 265 g/mol. The van der Waals surface area contributed by atoms with Gasteiger partial charge >= 0.3 is 0 Å². The van der Waals surface area contributed by atoms with Crippen molar-refractivity contribution in [2.24, 2.45) is 5.73 Å². The molecule has 2 N–H and O–H groups in total. The number of thiocarbonyl (C=S) groups is 1. The summed E-state index contributed by atoms with van der Waals surface area (Å²) < 4.78 is 31.3. The van der Waals surface area contributed by atoms with Gasteiger partial charge in [0, 0.05) is 11.6 Å². The highest BCUT2D eigenvalue weighted by Gasteiger charge is 2.06. The van der Waals surface area contributed by atoms with Crippen LogP contribution in [0.5, 0.6) is 11.5 Å². The monoisotopic (exact) mass is 265 g/mol. The molecule has 0 radical (unpaired) electrons. The standard InChI is InChI=1S/C13H9F2NOS/c14-9-3-6-12(11(15)7-9)17-10-4-1-8(2-5-10)13(16)18/h1-7H,(H2,16,18). The Morgan fingerprint density at radius 1 is 1.06 bits per heavy atom. The second kappa shape index (κ2) is 5.10. The minimum absolute atomic E-state index is 0.0422. The molecule has 0 amide bonds. The van der Waals surface area contributed by atoms with Gasteiger partial charge in [-0.1, -0.05) is 12.2 Å². The molecule has 0 spiro atoms. The van der Waals surface area contributed by atoms with Gasteiger partial charge in [0.1, 0.15) is 16.6 Å². The van der Waals surface area contributed by atoms with Crippen LogP contribution in [0.25, 0.3) is 0 Å². The van der Waals surface area contributed by atoms with Crippen LogP contribution in [0.1, 0.15) is 5.56 Å². The summed E-state index contributed by atoms with van der Waals surface area (Å²) in [4.78, 5) is 0.273. The van der Waals surface area contributed by atoms with Crippen LogP contribution in [0.15, 0.2) is 42.5 Å². The van der Waals surface area contributed by atoms with Crippen molar-refractivity contribution >= 4 is 17.2 Å². The SMILES string of the molecule is NC(=S)c1ccc(Oc2ccc(F)cc2F)cc1. The molecule has 0 unspecified atom stereocenters. The molecule has 0 saturated heterocycles. The molecule has 0 saturated carbocycles. The lowest BCUT2D eigenvalue weighted by atomic mass is 10.2. The smallest absolute Gasteiger partial charge is 0.168 e. The summed E-state index contributed by atoms with van der Waals surface area (Å²) in [5.74, 6) is -1.03. The molecule has 0 fully saturated rings. The Morgan fingerprint density at radius 2 is 1.72 bits per heavy atom. The van der Waals surface area contributed by atoms with Crippen molar-refractivity contribution < 1.29 is 13.5 Å². The lowest BCUT2D eigenvalue weighted by Crippen LogP contribution is -2.08. The van der Waals surface area contributed by atoms with E-state index in [0.717, 1.165) is 12.1 Å².